The highest BCUT2D eigenvalue weighted by molar-refractivity contribution is 5.54. The van der Waals surface area contributed by atoms with Gasteiger partial charge in [-0.3, -0.25) is 0 Å². The number of anilines is 1. The van der Waals surface area contributed by atoms with Crippen molar-refractivity contribution in [2.45, 2.75) is 44.8 Å². The van der Waals surface area contributed by atoms with Crippen LogP contribution in [0, 0.1) is 17.2 Å². The average molecular weight is 297 g/mol. The molecule has 0 aliphatic heterocycles. The summed E-state index contributed by atoms with van der Waals surface area (Å²) in [6.45, 7) is 2.14. The van der Waals surface area contributed by atoms with Gasteiger partial charge in [-0.15, -0.1) is 0 Å². The quantitative estimate of drug-likeness (QED) is 0.828. The predicted molar refractivity (Wildman–Crippen MR) is 73.8 cm³/mol. The number of nitriles is 1. The highest BCUT2D eigenvalue weighted by Crippen LogP contribution is 2.33. The molecule has 1 saturated carbocycles. The number of hydrogen-bond donors (Lipinski definition) is 0. The second kappa shape index (κ2) is 5.92. The van der Waals surface area contributed by atoms with Gasteiger partial charge in [0.1, 0.15) is 17.6 Å². The Labute approximate surface area is 122 Å². The summed E-state index contributed by atoms with van der Waals surface area (Å²) in [5, 5.41) is 9.11. The molecule has 0 spiro atoms. The van der Waals surface area contributed by atoms with Gasteiger partial charge in [-0.25, -0.2) is 4.98 Å². The molecule has 1 aromatic heterocycles. The SMILES string of the molecule is CC1CCCC(N(C)c2nc(C(F)(F)F)ccc2C#N)C1. The second-order valence-corrected chi connectivity index (χ2v) is 5.71. The van der Waals surface area contributed by atoms with Crippen LogP contribution in [0.3, 0.4) is 0 Å². The van der Waals surface area contributed by atoms with Crippen LogP contribution in [0.2, 0.25) is 0 Å². The molecular weight excluding hydrogens is 279 g/mol. The Morgan fingerprint density at radius 1 is 1.33 bits per heavy atom. The van der Waals surface area contributed by atoms with E-state index in [1.165, 1.54) is 6.07 Å². The van der Waals surface area contributed by atoms with E-state index in [2.05, 4.69) is 11.9 Å². The largest absolute Gasteiger partial charge is 0.433 e. The summed E-state index contributed by atoms with van der Waals surface area (Å²) in [5.74, 6) is 0.675. The van der Waals surface area contributed by atoms with E-state index in [4.69, 9.17) is 5.26 Å². The molecular formula is C15H18F3N3. The molecule has 6 heteroatoms. The average Bonchev–Trinajstić information content (AvgIpc) is 2.44. The number of halogens is 3. The molecule has 0 radical (unpaired) electrons. The van der Waals surface area contributed by atoms with Crippen molar-refractivity contribution in [3.63, 3.8) is 0 Å². The van der Waals surface area contributed by atoms with Crippen molar-refractivity contribution < 1.29 is 13.2 Å². The van der Waals surface area contributed by atoms with Crippen molar-refractivity contribution in [2.24, 2.45) is 5.92 Å². The summed E-state index contributed by atoms with van der Waals surface area (Å²) in [6, 6.07) is 4.13. The van der Waals surface area contributed by atoms with E-state index in [1.807, 2.05) is 6.07 Å². The molecule has 2 atom stereocenters. The van der Waals surface area contributed by atoms with E-state index in [-0.39, 0.29) is 17.4 Å². The van der Waals surface area contributed by atoms with Crippen LogP contribution in [-0.4, -0.2) is 18.1 Å². The maximum atomic E-state index is 12.8. The number of aromatic nitrogens is 1. The fourth-order valence-electron chi connectivity index (χ4n) is 2.89. The lowest BCUT2D eigenvalue weighted by Crippen LogP contribution is -2.36. The molecule has 1 aromatic rings. The smallest absolute Gasteiger partial charge is 0.356 e. The van der Waals surface area contributed by atoms with Gasteiger partial charge in [0.15, 0.2) is 0 Å². The first-order chi connectivity index (χ1) is 9.82. The van der Waals surface area contributed by atoms with Crippen LogP contribution in [0.15, 0.2) is 12.1 Å². The lowest BCUT2D eigenvalue weighted by molar-refractivity contribution is -0.141. The molecule has 0 bridgehead atoms. The highest BCUT2D eigenvalue weighted by atomic mass is 19.4. The standard InChI is InChI=1S/C15H18F3N3/c1-10-4-3-5-12(8-10)21(2)14-11(9-19)6-7-13(20-14)15(16,17)18/h6-7,10,12H,3-5,8H2,1-2H3. The number of rotatable bonds is 2. The Morgan fingerprint density at radius 3 is 2.62 bits per heavy atom. The zero-order chi connectivity index (χ0) is 15.6. The molecule has 0 saturated heterocycles. The minimum Gasteiger partial charge on any atom is -0.356 e. The van der Waals surface area contributed by atoms with Crippen LogP contribution >= 0.6 is 0 Å². The minimum absolute atomic E-state index is 0.131. The van der Waals surface area contributed by atoms with Gasteiger partial charge in [0, 0.05) is 13.1 Å². The summed E-state index contributed by atoms with van der Waals surface area (Å²) in [7, 11) is 1.73. The van der Waals surface area contributed by atoms with Gasteiger partial charge in [0.25, 0.3) is 0 Å². The predicted octanol–water partition coefficient (Wildman–Crippen LogP) is 3.99. The zero-order valence-electron chi connectivity index (χ0n) is 12.1. The minimum atomic E-state index is -4.50. The highest BCUT2D eigenvalue weighted by Gasteiger charge is 2.34. The van der Waals surface area contributed by atoms with E-state index in [1.54, 1.807) is 11.9 Å². The third kappa shape index (κ3) is 3.46. The molecule has 1 heterocycles. The van der Waals surface area contributed by atoms with Gasteiger partial charge in [-0.1, -0.05) is 19.8 Å². The lowest BCUT2D eigenvalue weighted by atomic mass is 9.86. The van der Waals surface area contributed by atoms with Crippen LogP contribution < -0.4 is 4.90 Å². The van der Waals surface area contributed by atoms with E-state index in [0.717, 1.165) is 31.7 Å². The van der Waals surface area contributed by atoms with E-state index >= 15 is 0 Å². The molecule has 1 aliphatic carbocycles. The summed E-state index contributed by atoms with van der Waals surface area (Å²) >= 11 is 0. The normalized spacial score (nSPS) is 22.7. The van der Waals surface area contributed by atoms with Crippen molar-refractivity contribution in [1.29, 1.82) is 5.26 Å². The summed E-state index contributed by atoms with van der Waals surface area (Å²) in [4.78, 5) is 5.43. The number of hydrogen-bond acceptors (Lipinski definition) is 3. The Balaban J connectivity index is 2.34. The second-order valence-electron chi connectivity index (χ2n) is 5.71. The van der Waals surface area contributed by atoms with Gasteiger partial charge < -0.3 is 4.90 Å². The first-order valence-electron chi connectivity index (χ1n) is 7.04. The fraction of sp³-hybridized carbons (Fsp3) is 0.600. The maximum absolute atomic E-state index is 12.8. The molecule has 3 nitrogen and oxygen atoms in total. The van der Waals surface area contributed by atoms with Crippen LogP contribution in [0.1, 0.15) is 43.9 Å². The van der Waals surface area contributed by atoms with E-state index in [9.17, 15) is 13.2 Å². The van der Waals surface area contributed by atoms with Crippen LogP contribution in [0.4, 0.5) is 19.0 Å². The third-order valence-corrected chi connectivity index (χ3v) is 4.08. The summed E-state index contributed by atoms with van der Waals surface area (Å²) in [5.41, 5.74) is -0.768. The molecule has 0 aromatic carbocycles. The van der Waals surface area contributed by atoms with Gasteiger partial charge in [0.05, 0.1) is 5.56 Å². The molecule has 1 fully saturated rings. The zero-order valence-corrected chi connectivity index (χ0v) is 12.1. The molecule has 0 amide bonds. The monoisotopic (exact) mass is 297 g/mol. The molecule has 1 aliphatic rings. The number of nitrogens with zero attached hydrogens (tertiary/aromatic N) is 3. The Morgan fingerprint density at radius 2 is 2.05 bits per heavy atom. The van der Waals surface area contributed by atoms with Crippen LogP contribution in [0.25, 0.3) is 0 Å². The van der Waals surface area contributed by atoms with Gasteiger partial charge in [0.2, 0.25) is 0 Å². The number of alkyl halides is 3. The van der Waals surface area contributed by atoms with Crippen LogP contribution in [-0.2, 0) is 6.18 Å². The van der Waals surface area contributed by atoms with Crippen molar-refractivity contribution in [3.05, 3.63) is 23.4 Å². The van der Waals surface area contributed by atoms with Gasteiger partial charge in [-0.2, -0.15) is 18.4 Å². The third-order valence-electron chi connectivity index (χ3n) is 4.08. The van der Waals surface area contributed by atoms with Crippen molar-refractivity contribution in [1.82, 2.24) is 4.98 Å². The summed E-state index contributed by atoms with van der Waals surface area (Å²) < 4.78 is 38.4. The fourth-order valence-corrected chi connectivity index (χ4v) is 2.89. The lowest BCUT2D eigenvalue weighted by Gasteiger charge is -2.35. The molecule has 114 valence electrons. The Kier molecular flexibility index (Phi) is 4.40. The Bertz CT molecular complexity index is 548. The van der Waals surface area contributed by atoms with Crippen molar-refractivity contribution >= 4 is 5.82 Å². The Hall–Kier alpha value is -1.77. The molecule has 21 heavy (non-hydrogen) atoms. The van der Waals surface area contributed by atoms with Gasteiger partial charge in [-0.05, 0) is 30.9 Å². The first kappa shape index (κ1) is 15.6. The van der Waals surface area contributed by atoms with E-state index in [0.29, 0.717) is 5.92 Å². The molecule has 2 rings (SSSR count). The van der Waals surface area contributed by atoms with Crippen molar-refractivity contribution in [3.8, 4) is 6.07 Å². The summed E-state index contributed by atoms with van der Waals surface area (Å²) in [6.07, 6.45) is -0.463. The molecule has 2 unspecified atom stereocenters. The number of pyridine rings is 1. The van der Waals surface area contributed by atoms with Crippen molar-refractivity contribution in [2.75, 3.05) is 11.9 Å². The first-order valence-corrected chi connectivity index (χ1v) is 7.04. The topological polar surface area (TPSA) is 39.9 Å². The van der Waals surface area contributed by atoms with E-state index < -0.39 is 11.9 Å². The maximum Gasteiger partial charge on any atom is 0.433 e. The molecule has 0 N–H and O–H groups in total. The van der Waals surface area contributed by atoms with Crippen LogP contribution in [0.5, 0.6) is 0 Å². The van der Waals surface area contributed by atoms with Gasteiger partial charge >= 0.3 is 6.18 Å².